The van der Waals surface area contributed by atoms with Crippen molar-refractivity contribution in [1.82, 2.24) is 0 Å². The number of amides is 3. The average molecular weight is 446 g/mol. The first kappa shape index (κ1) is 21.6. The summed E-state index contributed by atoms with van der Waals surface area (Å²) in [6, 6.07) is 14.7. The zero-order chi connectivity index (χ0) is 23.7. The summed E-state index contributed by atoms with van der Waals surface area (Å²) in [5.41, 5.74) is 0.756. The van der Waals surface area contributed by atoms with E-state index in [1.807, 2.05) is 0 Å². The molecule has 1 heterocycles. The number of carbonyl (C=O) groups is 4. The van der Waals surface area contributed by atoms with Crippen molar-refractivity contribution in [2.75, 3.05) is 24.4 Å². The van der Waals surface area contributed by atoms with E-state index in [1.54, 1.807) is 24.3 Å². The molecule has 2 N–H and O–H groups in total. The lowest BCUT2D eigenvalue weighted by Crippen LogP contribution is -2.29. The Morgan fingerprint density at radius 3 is 2.30 bits per heavy atom. The number of carbonyl (C=O) groups excluding carboxylic acids is 3. The van der Waals surface area contributed by atoms with Crippen LogP contribution < -0.4 is 19.7 Å². The summed E-state index contributed by atoms with van der Waals surface area (Å²) in [5, 5.41) is 11.9. The second kappa shape index (κ2) is 8.46. The van der Waals surface area contributed by atoms with Gasteiger partial charge in [-0.2, -0.15) is 0 Å². The van der Waals surface area contributed by atoms with Crippen LogP contribution in [0.15, 0.2) is 60.7 Å². The molecule has 0 aliphatic carbocycles. The number of fused-ring (bicyclic) bond motifs is 1. The summed E-state index contributed by atoms with van der Waals surface area (Å²) < 4.78 is 10.4. The SMILES string of the molecule is COc1ccc(OC)c(NC(=O)c2cccc(N3C(=O)c4ccc(C(=O)O)cc4C3=O)c2)c1. The molecule has 0 saturated heterocycles. The fraction of sp³-hybridized carbons (Fsp3) is 0.0833. The van der Waals surface area contributed by atoms with E-state index in [9.17, 15) is 19.2 Å². The molecule has 0 spiro atoms. The maximum Gasteiger partial charge on any atom is 0.335 e. The summed E-state index contributed by atoms with van der Waals surface area (Å²) in [5.74, 6) is -2.01. The number of carboxylic acids is 1. The van der Waals surface area contributed by atoms with E-state index in [2.05, 4.69) is 5.32 Å². The number of methoxy groups -OCH3 is 2. The monoisotopic (exact) mass is 446 g/mol. The third kappa shape index (κ3) is 3.87. The van der Waals surface area contributed by atoms with Crippen LogP contribution in [-0.4, -0.2) is 43.0 Å². The number of anilines is 2. The van der Waals surface area contributed by atoms with E-state index in [-0.39, 0.29) is 27.9 Å². The molecular weight excluding hydrogens is 428 g/mol. The second-order valence-corrected chi connectivity index (χ2v) is 7.08. The van der Waals surface area contributed by atoms with Gasteiger partial charge in [-0.1, -0.05) is 6.07 Å². The van der Waals surface area contributed by atoms with E-state index < -0.39 is 23.7 Å². The van der Waals surface area contributed by atoms with Gasteiger partial charge in [0.1, 0.15) is 11.5 Å². The van der Waals surface area contributed by atoms with Crippen LogP contribution in [0.3, 0.4) is 0 Å². The summed E-state index contributed by atoms with van der Waals surface area (Å²) in [6.07, 6.45) is 0. The first-order chi connectivity index (χ1) is 15.8. The quantitative estimate of drug-likeness (QED) is 0.556. The Kier molecular flexibility index (Phi) is 5.53. The second-order valence-electron chi connectivity index (χ2n) is 7.08. The van der Waals surface area contributed by atoms with Crippen LogP contribution in [0.4, 0.5) is 11.4 Å². The van der Waals surface area contributed by atoms with Crippen molar-refractivity contribution in [3.63, 3.8) is 0 Å². The maximum absolute atomic E-state index is 12.9. The minimum Gasteiger partial charge on any atom is -0.497 e. The van der Waals surface area contributed by atoms with Crippen molar-refractivity contribution in [3.05, 3.63) is 82.9 Å². The van der Waals surface area contributed by atoms with Gasteiger partial charge in [-0.25, -0.2) is 9.69 Å². The Hall–Kier alpha value is -4.66. The molecule has 4 rings (SSSR count). The van der Waals surface area contributed by atoms with Gasteiger partial charge >= 0.3 is 5.97 Å². The Balaban J connectivity index is 1.63. The molecule has 0 radical (unpaired) electrons. The molecule has 0 saturated carbocycles. The van der Waals surface area contributed by atoms with Crippen molar-refractivity contribution in [3.8, 4) is 11.5 Å². The first-order valence-electron chi connectivity index (χ1n) is 9.73. The fourth-order valence-electron chi connectivity index (χ4n) is 3.50. The number of aromatic carboxylic acids is 1. The van der Waals surface area contributed by atoms with Crippen molar-refractivity contribution in [2.45, 2.75) is 0 Å². The number of nitrogens with one attached hydrogen (secondary N) is 1. The molecular formula is C24H18N2O7. The number of benzene rings is 3. The first-order valence-corrected chi connectivity index (χ1v) is 9.73. The molecule has 1 aliphatic rings. The summed E-state index contributed by atoms with van der Waals surface area (Å²) in [4.78, 5) is 50.8. The highest BCUT2D eigenvalue weighted by Crippen LogP contribution is 2.31. The summed E-state index contributed by atoms with van der Waals surface area (Å²) >= 11 is 0. The highest BCUT2D eigenvalue weighted by Gasteiger charge is 2.37. The molecule has 0 unspecified atom stereocenters. The van der Waals surface area contributed by atoms with Gasteiger partial charge in [-0.05, 0) is 48.5 Å². The van der Waals surface area contributed by atoms with Gasteiger partial charge in [0.25, 0.3) is 17.7 Å². The van der Waals surface area contributed by atoms with Crippen LogP contribution in [0.25, 0.3) is 0 Å². The van der Waals surface area contributed by atoms with Gasteiger partial charge in [0.2, 0.25) is 0 Å². The van der Waals surface area contributed by atoms with E-state index >= 15 is 0 Å². The highest BCUT2D eigenvalue weighted by atomic mass is 16.5. The van der Waals surface area contributed by atoms with Crippen molar-refractivity contribution >= 4 is 35.1 Å². The normalized spacial score (nSPS) is 12.4. The number of hydrogen-bond acceptors (Lipinski definition) is 6. The lowest BCUT2D eigenvalue weighted by atomic mass is 10.1. The average Bonchev–Trinajstić information content (AvgIpc) is 3.08. The Bertz CT molecular complexity index is 1320. The predicted octanol–water partition coefficient (Wildman–Crippen LogP) is 3.45. The van der Waals surface area contributed by atoms with Crippen LogP contribution in [0, 0.1) is 0 Å². The molecule has 0 aromatic heterocycles. The van der Waals surface area contributed by atoms with E-state index in [0.29, 0.717) is 17.2 Å². The standard InChI is InChI=1S/C24H18N2O7/c1-32-16-7-9-20(33-2)19(12-16)25-21(27)13-4-3-5-15(10-13)26-22(28)17-8-6-14(24(30)31)11-18(17)23(26)29/h3-12H,1-2H3,(H,25,27)(H,30,31). The molecule has 166 valence electrons. The van der Waals surface area contributed by atoms with Crippen molar-refractivity contribution in [1.29, 1.82) is 0 Å². The van der Waals surface area contributed by atoms with Crippen LogP contribution in [0.1, 0.15) is 41.4 Å². The zero-order valence-electron chi connectivity index (χ0n) is 17.6. The van der Waals surface area contributed by atoms with Crippen LogP contribution in [0.5, 0.6) is 11.5 Å². The molecule has 1 aliphatic heterocycles. The Morgan fingerprint density at radius 1 is 0.848 bits per heavy atom. The molecule has 9 nitrogen and oxygen atoms in total. The number of hydrogen-bond donors (Lipinski definition) is 2. The third-order valence-corrected chi connectivity index (χ3v) is 5.15. The maximum atomic E-state index is 12.9. The minimum absolute atomic E-state index is 0.00382. The lowest BCUT2D eigenvalue weighted by molar-refractivity contribution is 0.0696. The summed E-state index contributed by atoms with van der Waals surface area (Å²) in [7, 11) is 2.97. The molecule has 9 heteroatoms. The van der Waals surface area contributed by atoms with Gasteiger partial charge in [0, 0.05) is 11.6 Å². The lowest BCUT2D eigenvalue weighted by Gasteiger charge is -2.15. The zero-order valence-corrected chi connectivity index (χ0v) is 17.6. The molecule has 33 heavy (non-hydrogen) atoms. The molecule has 0 bridgehead atoms. The molecule has 3 amide bonds. The van der Waals surface area contributed by atoms with E-state index in [4.69, 9.17) is 14.6 Å². The van der Waals surface area contributed by atoms with Crippen LogP contribution in [0.2, 0.25) is 0 Å². The number of nitrogens with zero attached hydrogens (tertiary/aromatic N) is 1. The largest absolute Gasteiger partial charge is 0.497 e. The van der Waals surface area contributed by atoms with Gasteiger partial charge in [-0.15, -0.1) is 0 Å². The van der Waals surface area contributed by atoms with E-state index in [0.717, 1.165) is 4.90 Å². The highest BCUT2D eigenvalue weighted by molar-refractivity contribution is 6.34. The predicted molar refractivity (Wildman–Crippen MR) is 118 cm³/mol. The number of carboxylic acid groups (broad SMARTS) is 1. The van der Waals surface area contributed by atoms with Crippen molar-refractivity contribution < 1.29 is 33.8 Å². The van der Waals surface area contributed by atoms with Gasteiger partial charge in [0.15, 0.2) is 0 Å². The number of rotatable bonds is 6. The van der Waals surface area contributed by atoms with Crippen LogP contribution in [-0.2, 0) is 0 Å². The number of ether oxygens (including phenoxy) is 2. The van der Waals surface area contributed by atoms with E-state index in [1.165, 1.54) is 50.6 Å². The van der Waals surface area contributed by atoms with Crippen LogP contribution >= 0.6 is 0 Å². The topological polar surface area (TPSA) is 122 Å². The van der Waals surface area contributed by atoms with Crippen molar-refractivity contribution in [2.24, 2.45) is 0 Å². The number of imide groups is 1. The smallest absolute Gasteiger partial charge is 0.335 e. The molecule has 0 fully saturated rings. The molecule has 3 aromatic rings. The Morgan fingerprint density at radius 2 is 1.61 bits per heavy atom. The van der Waals surface area contributed by atoms with Gasteiger partial charge in [0.05, 0.1) is 42.3 Å². The Labute approximate surface area is 188 Å². The minimum atomic E-state index is -1.21. The molecule has 0 atom stereocenters. The van der Waals surface area contributed by atoms with Gasteiger partial charge < -0.3 is 19.9 Å². The third-order valence-electron chi connectivity index (χ3n) is 5.15. The fourth-order valence-corrected chi connectivity index (χ4v) is 3.50. The van der Waals surface area contributed by atoms with Gasteiger partial charge in [-0.3, -0.25) is 14.4 Å². The molecule has 3 aromatic carbocycles. The summed E-state index contributed by atoms with van der Waals surface area (Å²) in [6.45, 7) is 0.